The van der Waals surface area contributed by atoms with Gasteiger partial charge in [-0.3, -0.25) is 9.69 Å². The highest BCUT2D eigenvalue weighted by Gasteiger charge is 2.30. The van der Waals surface area contributed by atoms with E-state index in [4.69, 9.17) is 4.74 Å². The molecule has 168 valence electrons. The van der Waals surface area contributed by atoms with Crippen molar-refractivity contribution in [2.24, 2.45) is 0 Å². The minimum Gasteiger partial charge on any atom is -0.497 e. The van der Waals surface area contributed by atoms with Gasteiger partial charge in [-0.05, 0) is 18.6 Å². The van der Waals surface area contributed by atoms with Crippen LogP contribution < -0.4 is 10.3 Å². The second-order valence-corrected chi connectivity index (χ2v) is 7.45. The van der Waals surface area contributed by atoms with Crippen LogP contribution in [0.5, 0.6) is 5.75 Å². The monoisotopic (exact) mass is 451 g/mol. The largest absolute Gasteiger partial charge is 0.497 e. The fourth-order valence-electron chi connectivity index (χ4n) is 3.65. The number of benzene rings is 2. The molecular weight excluding hydrogens is 433 g/mol. The predicted molar refractivity (Wildman–Crippen MR) is 106 cm³/mol. The van der Waals surface area contributed by atoms with E-state index in [2.05, 4.69) is 9.97 Å². The molecule has 0 fully saturated rings. The van der Waals surface area contributed by atoms with Crippen LogP contribution in [0, 0.1) is 11.6 Å². The van der Waals surface area contributed by atoms with Gasteiger partial charge >= 0.3 is 6.18 Å². The zero-order valence-electron chi connectivity index (χ0n) is 16.9. The molecule has 0 saturated carbocycles. The van der Waals surface area contributed by atoms with E-state index in [0.717, 1.165) is 24.3 Å². The van der Waals surface area contributed by atoms with Gasteiger partial charge in [0.15, 0.2) is 0 Å². The molecule has 1 N–H and O–H groups in total. The number of nitrogens with zero attached hydrogens (tertiary/aromatic N) is 2. The second kappa shape index (κ2) is 8.34. The van der Waals surface area contributed by atoms with Crippen LogP contribution in [-0.4, -0.2) is 28.5 Å². The highest BCUT2D eigenvalue weighted by atomic mass is 19.4. The standard InChI is InChI=1S/C22H18F5N3O2/c1-32-14-8-17(23)16(18(24)9-14)10-30-7-6-15-19(11-30)28-20(29-21(15)31)12-2-4-13(5-3-12)22(25,26)27/h2-5,8-9H,6-7,10-11H2,1H3,(H,28,29,31). The summed E-state index contributed by atoms with van der Waals surface area (Å²) in [4.78, 5) is 21.3. The molecule has 1 aliphatic rings. The van der Waals surface area contributed by atoms with E-state index in [0.29, 0.717) is 29.8 Å². The number of alkyl halides is 3. The SMILES string of the molecule is COc1cc(F)c(CN2CCc3c(nc(-c4ccc(C(F)(F)F)cc4)[nH]c3=O)C2)c(F)c1. The Hall–Kier alpha value is -3.27. The molecule has 4 rings (SSSR count). The number of methoxy groups -OCH3 is 1. The first-order valence-corrected chi connectivity index (χ1v) is 9.69. The van der Waals surface area contributed by atoms with Crippen molar-refractivity contribution >= 4 is 0 Å². The van der Waals surface area contributed by atoms with Crippen molar-refractivity contribution in [3.05, 3.63) is 80.8 Å². The fourth-order valence-corrected chi connectivity index (χ4v) is 3.65. The van der Waals surface area contributed by atoms with E-state index >= 15 is 0 Å². The van der Waals surface area contributed by atoms with E-state index < -0.39 is 23.4 Å². The number of hydrogen-bond acceptors (Lipinski definition) is 4. The van der Waals surface area contributed by atoms with Crippen molar-refractivity contribution < 1.29 is 26.7 Å². The lowest BCUT2D eigenvalue weighted by atomic mass is 10.0. The van der Waals surface area contributed by atoms with Crippen LogP contribution in [0.25, 0.3) is 11.4 Å². The molecule has 32 heavy (non-hydrogen) atoms. The average molecular weight is 451 g/mol. The zero-order chi connectivity index (χ0) is 23.0. The topological polar surface area (TPSA) is 58.2 Å². The number of rotatable bonds is 4. The summed E-state index contributed by atoms with van der Waals surface area (Å²) in [7, 11) is 1.31. The highest BCUT2D eigenvalue weighted by molar-refractivity contribution is 5.56. The van der Waals surface area contributed by atoms with Crippen LogP contribution in [0.2, 0.25) is 0 Å². The van der Waals surface area contributed by atoms with Crippen LogP contribution in [0.15, 0.2) is 41.2 Å². The third-order valence-corrected chi connectivity index (χ3v) is 5.37. The lowest BCUT2D eigenvalue weighted by Gasteiger charge is -2.28. The molecule has 0 amide bonds. The molecule has 2 heterocycles. The number of fused-ring (bicyclic) bond motifs is 1. The van der Waals surface area contributed by atoms with E-state index in [1.165, 1.54) is 19.2 Å². The number of H-pyrrole nitrogens is 1. The molecule has 0 bridgehead atoms. The molecule has 2 aromatic carbocycles. The maximum absolute atomic E-state index is 14.3. The molecule has 0 aliphatic carbocycles. The fraction of sp³-hybridized carbons (Fsp3) is 0.273. The van der Waals surface area contributed by atoms with Crippen molar-refractivity contribution in [1.29, 1.82) is 0 Å². The summed E-state index contributed by atoms with van der Waals surface area (Å²) in [5.41, 5.74) is -0.122. The van der Waals surface area contributed by atoms with Crippen molar-refractivity contribution in [3.8, 4) is 17.1 Å². The smallest absolute Gasteiger partial charge is 0.416 e. The molecule has 0 atom stereocenters. The Bertz CT molecular complexity index is 1180. The number of aromatic amines is 1. The summed E-state index contributed by atoms with van der Waals surface area (Å²) in [5, 5.41) is 0. The van der Waals surface area contributed by atoms with Crippen LogP contribution in [-0.2, 0) is 25.7 Å². The summed E-state index contributed by atoms with van der Waals surface area (Å²) in [6.45, 7) is 0.519. The van der Waals surface area contributed by atoms with Crippen LogP contribution >= 0.6 is 0 Å². The zero-order valence-corrected chi connectivity index (χ0v) is 16.9. The molecule has 5 nitrogen and oxygen atoms in total. The Morgan fingerprint density at radius 1 is 1.12 bits per heavy atom. The highest BCUT2D eigenvalue weighted by Crippen LogP contribution is 2.30. The van der Waals surface area contributed by atoms with Crippen molar-refractivity contribution in [3.63, 3.8) is 0 Å². The average Bonchev–Trinajstić information content (AvgIpc) is 2.75. The molecule has 1 aliphatic heterocycles. The predicted octanol–water partition coefficient (Wildman–Crippen LogP) is 4.30. The lowest BCUT2D eigenvalue weighted by Crippen LogP contribution is -2.35. The summed E-state index contributed by atoms with van der Waals surface area (Å²) < 4.78 is 71.9. The summed E-state index contributed by atoms with van der Waals surface area (Å²) in [6, 6.07) is 6.49. The Morgan fingerprint density at radius 2 is 1.78 bits per heavy atom. The minimum absolute atomic E-state index is 0.0365. The van der Waals surface area contributed by atoms with Gasteiger partial charge in [0.25, 0.3) is 5.56 Å². The van der Waals surface area contributed by atoms with Crippen LogP contribution in [0.3, 0.4) is 0 Å². The molecule has 0 radical (unpaired) electrons. The van der Waals surface area contributed by atoms with E-state index in [-0.39, 0.29) is 35.8 Å². The van der Waals surface area contributed by atoms with Gasteiger partial charge in [-0.15, -0.1) is 0 Å². The maximum atomic E-state index is 14.3. The lowest BCUT2D eigenvalue weighted by molar-refractivity contribution is -0.137. The van der Waals surface area contributed by atoms with E-state index in [1.807, 2.05) is 0 Å². The summed E-state index contributed by atoms with van der Waals surface area (Å²) >= 11 is 0. The first kappa shape index (κ1) is 21.9. The molecule has 0 spiro atoms. The van der Waals surface area contributed by atoms with Crippen LogP contribution in [0.4, 0.5) is 22.0 Å². The van der Waals surface area contributed by atoms with E-state index in [1.54, 1.807) is 4.90 Å². The third kappa shape index (κ3) is 4.36. The molecule has 3 aromatic rings. The first-order chi connectivity index (χ1) is 15.2. The van der Waals surface area contributed by atoms with Crippen LogP contribution in [0.1, 0.15) is 22.4 Å². The minimum atomic E-state index is -4.47. The van der Waals surface area contributed by atoms with Gasteiger partial charge in [0.1, 0.15) is 23.2 Å². The molecule has 0 saturated heterocycles. The van der Waals surface area contributed by atoms with Gasteiger partial charge < -0.3 is 9.72 Å². The van der Waals surface area contributed by atoms with E-state index in [9.17, 15) is 26.7 Å². The molecule has 10 heteroatoms. The Kier molecular flexibility index (Phi) is 5.72. The van der Waals surface area contributed by atoms with Crippen molar-refractivity contribution in [2.45, 2.75) is 25.7 Å². The number of hydrogen-bond donors (Lipinski definition) is 1. The van der Waals surface area contributed by atoms with Gasteiger partial charge in [-0.25, -0.2) is 13.8 Å². The maximum Gasteiger partial charge on any atom is 0.416 e. The van der Waals surface area contributed by atoms with Gasteiger partial charge in [-0.2, -0.15) is 13.2 Å². The van der Waals surface area contributed by atoms with Gasteiger partial charge in [0, 0.05) is 48.5 Å². The summed E-state index contributed by atoms with van der Waals surface area (Å²) in [5.74, 6) is -1.28. The number of aromatic nitrogens is 2. The van der Waals surface area contributed by atoms with Gasteiger partial charge in [0.2, 0.25) is 0 Å². The molecule has 1 aromatic heterocycles. The number of nitrogens with one attached hydrogen (secondary N) is 1. The third-order valence-electron chi connectivity index (χ3n) is 5.37. The van der Waals surface area contributed by atoms with Crippen molar-refractivity contribution in [1.82, 2.24) is 14.9 Å². The molecule has 0 unspecified atom stereocenters. The first-order valence-electron chi connectivity index (χ1n) is 9.69. The Morgan fingerprint density at radius 3 is 2.38 bits per heavy atom. The number of ether oxygens (including phenoxy) is 1. The summed E-state index contributed by atoms with van der Waals surface area (Å²) in [6.07, 6.45) is -4.15. The normalized spacial score (nSPS) is 14.3. The van der Waals surface area contributed by atoms with Gasteiger partial charge in [0.05, 0.1) is 18.4 Å². The van der Waals surface area contributed by atoms with Gasteiger partial charge in [-0.1, -0.05) is 12.1 Å². The number of halogens is 5. The van der Waals surface area contributed by atoms with Crippen molar-refractivity contribution in [2.75, 3.05) is 13.7 Å². The quantitative estimate of drug-likeness (QED) is 0.601. The Labute approximate surface area is 179 Å². The molecular formula is C22H18F5N3O2. The Balaban J connectivity index is 1.60. The second-order valence-electron chi connectivity index (χ2n) is 7.45.